The van der Waals surface area contributed by atoms with Crippen molar-refractivity contribution in [3.63, 3.8) is 0 Å². The van der Waals surface area contributed by atoms with E-state index in [4.69, 9.17) is 10.00 Å². The van der Waals surface area contributed by atoms with E-state index < -0.39 is 0 Å². The molecule has 2 rings (SSSR count). The van der Waals surface area contributed by atoms with Crippen molar-refractivity contribution in [3.05, 3.63) is 58.9 Å². The number of likely N-dealkylation sites (N-methyl/N-ethyl adjacent to an activating group) is 1. The molecule has 0 aliphatic carbocycles. The Morgan fingerprint density at radius 2 is 2.04 bits per heavy atom. The Hall–Kier alpha value is -3.33. The zero-order chi connectivity index (χ0) is 19.3. The third-order valence-corrected chi connectivity index (χ3v) is 4.08. The lowest BCUT2D eigenvalue weighted by Crippen LogP contribution is -2.27. The number of benzene rings is 1. The van der Waals surface area contributed by atoms with Crippen molar-refractivity contribution in [2.24, 2.45) is 7.05 Å². The Kier molecular flexibility index (Phi) is 5.97. The summed E-state index contributed by atoms with van der Waals surface area (Å²) in [7, 11) is 5.11. The van der Waals surface area contributed by atoms with E-state index in [0.717, 1.165) is 11.3 Å². The summed E-state index contributed by atoms with van der Waals surface area (Å²) in [6.45, 7) is 1.81. The maximum Gasteiger partial charge on any atom is 0.259 e. The van der Waals surface area contributed by atoms with Crippen LogP contribution in [0.3, 0.4) is 0 Å². The molecule has 1 aromatic heterocycles. The maximum atomic E-state index is 12.4. The number of ether oxygens (including phenoxy) is 1. The predicted octanol–water partition coefficient (Wildman–Crippen LogP) is 2.57. The fraction of sp³-hybridized carbons (Fsp3) is 0.250. The fourth-order valence-corrected chi connectivity index (χ4v) is 2.27. The topological polar surface area (TPSA) is 75.3 Å². The zero-order valence-electron chi connectivity index (χ0n) is 15.3. The predicted molar refractivity (Wildman–Crippen MR) is 98.9 cm³/mol. The molecule has 2 aromatic rings. The van der Waals surface area contributed by atoms with E-state index in [1.165, 1.54) is 11.0 Å². The first-order valence-corrected chi connectivity index (χ1v) is 8.05. The second-order valence-corrected chi connectivity index (χ2v) is 6.04. The van der Waals surface area contributed by atoms with Gasteiger partial charge in [-0.25, -0.2) is 0 Å². The third kappa shape index (κ3) is 4.39. The molecule has 134 valence electrons. The smallest absolute Gasteiger partial charge is 0.259 e. The van der Waals surface area contributed by atoms with Crippen LogP contribution in [0, 0.1) is 18.3 Å². The molecule has 0 unspecified atom stereocenters. The highest BCUT2D eigenvalue weighted by Gasteiger charge is 2.09. The first-order chi connectivity index (χ1) is 12.3. The van der Waals surface area contributed by atoms with Crippen LogP contribution in [0.25, 0.3) is 6.08 Å². The van der Waals surface area contributed by atoms with Crippen LogP contribution in [0.2, 0.25) is 0 Å². The Bertz CT molecular complexity index is 902. The lowest BCUT2D eigenvalue weighted by Gasteiger charge is -2.11. The van der Waals surface area contributed by atoms with Gasteiger partial charge in [-0.15, -0.1) is 0 Å². The van der Waals surface area contributed by atoms with Gasteiger partial charge < -0.3 is 14.2 Å². The third-order valence-electron chi connectivity index (χ3n) is 4.08. The number of allylic oxidation sites excluding steroid dienone is 1. The normalized spacial score (nSPS) is 10.6. The van der Waals surface area contributed by atoms with Gasteiger partial charge in [-0.2, -0.15) is 5.26 Å². The molecule has 0 saturated carbocycles. The molecule has 0 spiro atoms. The minimum atomic E-state index is -0.184. The number of rotatable bonds is 6. The highest BCUT2D eigenvalue weighted by molar-refractivity contribution is 6.07. The number of hydrogen-bond acceptors (Lipinski definition) is 4. The summed E-state index contributed by atoms with van der Waals surface area (Å²) >= 11 is 0. The molecule has 0 radical (unpaired) electrons. The summed E-state index contributed by atoms with van der Waals surface area (Å²) in [5, 5.41) is 9.06. The van der Waals surface area contributed by atoms with Gasteiger partial charge in [-0.1, -0.05) is 12.1 Å². The van der Waals surface area contributed by atoms with E-state index >= 15 is 0 Å². The standard InChI is InChI=1S/C20H21N3O3/c1-14-15(10-17(12-21)23(14)4)8-9-19(24)16-6-5-7-18(11-16)26-13-20(25)22(2)3/h5-11H,13H2,1-4H3/b9-8+. The van der Waals surface area contributed by atoms with Crippen molar-refractivity contribution < 1.29 is 14.3 Å². The van der Waals surface area contributed by atoms with Gasteiger partial charge in [0.1, 0.15) is 17.5 Å². The minimum absolute atomic E-state index is 0.0827. The first-order valence-electron chi connectivity index (χ1n) is 8.05. The summed E-state index contributed by atoms with van der Waals surface area (Å²) in [6, 6.07) is 10.5. The summed E-state index contributed by atoms with van der Waals surface area (Å²) in [4.78, 5) is 25.4. The van der Waals surface area contributed by atoms with Gasteiger partial charge in [0, 0.05) is 32.4 Å². The number of carbonyl (C=O) groups excluding carboxylic acids is 2. The average Bonchev–Trinajstić information content (AvgIpc) is 2.91. The van der Waals surface area contributed by atoms with Crippen LogP contribution >= 0.6 is 0 Å². The van der Waals surface area contributed by atoms with E-state index in [2.05, 4.69) is 6.07 Å². The van der Waals surface area contributed by atoms with Crippen LogP contribution in [0.1, 0.15) is 27.3 Å². The second kappa shape index (κ2) is 8.17. The molecule has 26 heavy (non-hydrogen) atoms. The van der Waals surface area contributed by atoms with Gasteiger partial charge in [0.05, 0.1) is 0 Å². The van der Waals surface area contributed by atoms with E-state index in [1.807, 2.05) is 14.0 Å². The number of nitriles is 1. The van der Waals surface area contributed by atoms with Crippen LogP contribution in [-0.4, -0.2) is 41.9 Å². The van der Waals surface area contributed by atoms with Crippen LogP contribution in [0.5, 0.6) is 5.75 Å². The van der Waals surface area contributed by atoms with Crippen molar-refractivity contribution in [1.29, 1.82) is 5.26 Å². The molecule has 0 N–H and O–H groups in total. The molecule has 0 bridgehead atoms. The van der Waals surface area contributed by atoms with E-state index in [1.54, 1.807) is 55.1 Å². The Labute approximate surface area is 152 Å². The maximum absolute atomic E-state index is 12.4. The molecule has 1 heterocycles. The van der Waals surface area contributed by atoms with Gasteiger partial charge in [0.15, 0.2) is 12.4 Å². The van der Waals surface area contributed by atoms with Gasteiger partial charge in [-0.3, -0.25) is 9.59 Å². The summed E-state index contributed by atoms with van der Waals surface area (Å²) < 4.78 is 7.21. The molecule has 0 fully saturated rings. The molecule has 1 amide bonds. The SMILES string of the molecule is Cc1c(/C=C/C(=O)c2cccc(OCC(=O)N(C)C)c2)cc(C#N)n1C. The second-order valence-electron chi connectivity index (χ2n) is 6.04. The number of aromatic nitrogens is 1. The number of hydrogen-bond donors (Lipinski definition) is 0. The Morgan fingerprint density at radius 3 is 2.65 bits per heavy atom. The lowest BCUT2D eigenvalue weighted by atomic mass is 10.1. The Balaban J connectivity index is 2.12. The minimum Gasteiger partial charge on any atom is -0.484 e. The largest absolute Gasteiger partial charge is 0.484 e. The molecule has 0 aliphatic heterocycles. The quantitative estimate of drug-likeness (QED) is 0.592. The summed E-state index contributed by atoms with van der Waals surface area (Å²) in [6.07, 6.45) is 3.16. The first kappa shape index (κ1) is 19.0. The van der Waals surface area contributed by atoms with Crippen LogP contribution in [0.15, 0.2) is 36.4 Å². The molecular weight excluding hydrogens is 330 g/mol. The van der Waals surface area contributed by atoms with Gasteiger partial charge in [0.25, 0.3) is 5.91 Å². The summed E-state index contributed by atoms with van der Waals surface area (Å²) in [5.41, 5.74) is 2.73. The van der Waals surface area contributed by atoms with Crippen LogP contribution in [0.4, 0.5) is 0 Å². The number of amides is 1. The molecule has 6 nitrogen and oxygen atoms in total. The van der Waals surface area contributed by atoms with Crippen molar-refractivity contribution >= 4 is 17.8 Å². The van der Waals surface area contributed by atoms with E-state index in [0.29, 0.717) is 17.0 Å². The highest BCUT2D eigenvalue weighted by atomic mass is 16.5. The van der Waals surface area contributed by atoms with Crippen molar-refractivity contribution in [3.8, 4) is 11.8 Å². The molecule has 0 saturated heterocycles. The molecule has 0 aliphatic rings. The Morgan fingerprint density at radius 1 is 1.31 bits per heavy atom. The zero-order valence-corrected chi connectivity index (χ0v) is 15.3. The van der Waals surface area contributed by atoms with Crippen molar-refractivity contribution in [1.82, 2.24) is 9.47 Å². The highest BCUT2D eigenvalue weighted by Crippen LogP contribution is 2.17. The monoisotopic (exact) mass is 351 g/mol. The number of carbonyl (C=O) groups is 2. The molecule has 0 atom stereocenters. The van der Waals surface area contributed by atoms with Crippen molar-refractivity contribution in [2.75, 3.05) is 20.7 Å². The fourth-order valence-electron chi connectivity index (χ4n) is 2.27. The molecule has 6 heteroatoms. The molecule has 1 aromatic carbocycles. The van der Waals surface area contributed by atoms with Crippen molar-refractivity contribution in [2.45, 2.75) is 6.92 Å². The number of nitrogens with zero attached hydrogens (tertiary/aromatic N) is 3. The van der Waals surface area contributed by atoms with Gasteiger partial charge in [0.2, 0.25) is 0 Å². The van der Waals surface area contributed by atoms with Crippen LogP contribution in [-0.2, 0) is 11.8 Å². The average molecular weight is 351 g/mol. The lowest BCUT2D eigenvalue weighted by molar-refractivity contribution is -0.130. The van der Waals surface area contributed by atoms with E-state index in [9.17, 15) is 9.59 Å². The van der Waals surface area contributed by atoms with Crippen LogP contribution < -0.4 is 4.74 Å². The molecular formula is C20H21N3O3. The summed E-state index contributed by atoms with van der Waals surface area (Å²) in [5.74, 6) is 0.118. The number of ketones is 1. The van der Waals surface area contributed by atoms with Gasteiger partial charge >= 0.3 is 0 Å². The van der Waals surface area contributed by atoms with Gasteiger partial charge in [-0.05, 0) is 42.8 Å². The van der Waals surface area contributed by atoms with E-state index in [-0.39, 0.29) is 18.3 Å².